The Morgan fingerprint density at radius 3 is 2.00 bits per heavy atom. The van der Waals surface area contributed by atoms with Crippen LogP contribution in [0.5, 0.6) is 0 Å². The maximum atomic E-state index is 12.0. The molecule has 1 aromatic heterocycles. The van der Waals surface area contributed by atoms with Crippen LogP contribution in [0, 0.1) is 0 Å². The van der Waals surface area contributed by atoms with Crippen molar-refractivity contribution < 1.29 is 90.3 Å². The predicted molar refractivity (Wildman–Crippen MR) is 39.5 cm³/mol. The van der Waals surface area contributed by atoms with Crippen molar-refractivity contribution in [3.05, 3.63) is 5.82 Å². The second-order valence-electron chi connectivity index (χ2n) is 2.75. The van der Waals surface area contributed by atoms with E-state index in [1.165, 1.54) is 0 Å². The topological polar surface area (TPSA) is 83.2 Å². The Morgan fingerprint density at radius 2 is 1.63 bits per heavy atom. The van der Waals surface area contributed by atoms with E-state index in [0.29, 0.717) is 0 Å². The summed E-state index contributed by atoms with van der Waals surface area (Å²) in [5, 5.41) is 3.28. The summed E-state index contributed by atoms with van der Waals surface area (Å²) in [6.07, 6.45) is -10.0. The second kappa shape index (κ2) is 6.36. The van der Waals surface area contributed by atoms with Crippen LogP contribution in [0.1, 0.15) is 5.82 Å². The molecule has 1 heterocycles. The Morgan fingerprint density at radius 1 is 1.11 bits per heavy atom. The van der Waals surface area contributed by atoms with Crippen molar-refractivity contribution in [2.24, 2.45) is 0 Å². The Balaban J connectivity index is 0.00000324. The number of hydrogen-bond donors (Lipinski definition) is 0. The van der Waals surface area contributed by atoms with Gasteiger partial charge < -0.3 is 15.2 Å². The second-order valence-corrected chi connectivity index (χ2v) is 4.26. The molecule has 0 atom stereocenters. The number of halogens is 6. The SMILES string of the molecule is O=S(=O)(OCC(F)(F)F)c1nnc(C(F)(F)F)[n-]1.[K+]. The van der Waals surface area contributed by atoms with Crippen LogP contribution < -0.4 is 56.4 Å². The van der Waals surface area contributed by atoms with E-state index in [1.54, 1.807) is 0 Å². The Labute approximate surface area is 144 Å². The molecule has 0 unspecified atom stereocenters. The first-order chi connectivity index (χ1) is 7.92. The first-order valence-corrected chi connectivity index (χ1v) is 5.23. The van der Waals surface area contributed by atoms with Crippen LogP contribution in [0.15, 0.2) is 5.16 Å². The van der Waals surface area contributed by atoms with Gasteiger partial charge in [0.05, 0.1) is 5.82 Å². The van der Waals surface area contributed by atoms with Gasteiger partial charge in [-0.2, -0.15) is 34.8 Å². The van der Waals surface area contributed by atoms with Gasteiger partial charge in [0.25, 0.3) is 0 Å². The molecule has 104 valence electrons. The number of aromatic nitrogens is 3. The van der Waals surface area contributed by atoms with Gasteiger partial charge in [0.15, 0.2) is 6.61 Å². The molecule has 0 aromatic carbocycles. The van der Waals surface area contributed by atoms with Gasteiger partial charge in [-0.15, -0.1) is 0 Å². The number of hydrogen-bond acceptors (Lipinski definition) is 5. The van der Waals surface area contributed by atoms with Crippen LogP contribution in [0.4, 0.5) is 26.3 Å². The Kier molecular flexibility index (Phi) is 6.45. The molecule has 19 heavy (non-hydrogen) atoms. The molecular formula is C5H2F6KN3O3S. The summed E-state index contributed by atoms with van der Waals surface area (Å²) in [6, 6.07) is 0. The smallest absolute Gasteiger partial charge is 0.344 e. The van der Waals surface area contributed by atoms with Crippen molar-refractivity contribution in [3.63, 3.8) is 0 Å². The van der Waals surface area contributed by atoms with E-state index < -0.39 is 40.1 Å². The van der Waals surface area contributed by atoms with Gasteiger partial charge in [-0.3, -0.25) is 4.18 Å². The monoisotopic (exact) mass is 337 g/mol. The summed E-state index contributed by atoms with van der Waals surface area (Å²) in [6.45, 7) is -2.20. The van der Waals surface area contributed by atoms with E-state index in [-0.39, 0.29) is 51.4 Å². The van der Waals surface area contributed by atoms with Gasteiger partial charge in [-0.1, -0.05) is 0 Å². The number of rotatable bonds is 3. The molecule has 0 saturated carbocycles. The fourth-order valence-electron chi connectivity index (χ4n) is 0.649. The van der Waals surface area contributed by atoms with E-state index in [1.807, 2.05) is 0 Å². The van der Waals surface area contributed by atoms with Crippen LogP contribution in [-0.2, 0) is 20.5 Å². The largest absolute Gasteiger partial charge is 1.00 e. The fourth-order valence-corrected chi connectivity index (χ4v) is 1.38. The van der Waals surface area contributed by atoms with Gasteiger partial charge in [0.1, 0.15) is 5.16 Å². The maximum absolute atomic E-state index is 12.0. The molecule has 0 aliphatic rings. The molecule has 0 amide bonds. The summed E-state index contributed by atoms with van der Waals surface area (Å²) in [7, 11) is -5.14. The quantitative estimate of drug-likeness (QED) is 0.351. The van der Waals surface area contributed by atoms with Crippen LogP contribution in [0.3, 0.4) is 0 Å². The average Bonchev–Trinajstić information content (AvgIpc) is 2.62. The van der Waals surface area contributed by atoms with E-state index in [2.05, 4.69) is 19.4 Å². The molecule has 0 spiro atoms. The van der Waals surface area contributed by atoms with E-state index in [0.717, 1.165) is 0 Å². The minimum absolute atomic E-state index is 0. The first kappa shape index (κ1) is 19.3. The fraction of sp³-hybridized carbons (Fsp3) is 0.600. The molecule has 0 N–H and O–H groups in total. The van der Waals surface area contributed by atoms with Crippen molar-refractivity contribution in [1.82, 2.24) is 15.2 Å². The van der Waals surface area contributed by atoms with Crippen molar-refractivity contribution in [2.75, 3.05) is 6.61 Å². The Bertz CT molecular complexity index is 523. The van der Waals surface area contributed by atoms with Gasteiger partial charge in [0, 0.05) is 0 Å². The van der Waals surface area contributed by atoms with Crippen molar-refractivity contribution in [2.45, 2.75) is 17.5 Å². The molecule has 0 saturated heterocycles. The van der Waals surface area contributed by atoms with E-state index in [4.69, 9.17) is 0 Å². The van der Waals surface area contributed by atoms with Crippen LogP contribution in [0.2, 0.25) is 0 Å². The standard InChI is InChI=1S/C5H2F6N3O3S.K/c6-4(7,8)1-17-18(15,16)3-12-2(13-14-3)5(9,10)11;/h1H2;/q-1;+1. The van der Waals surface area contributed by atoms with Crippen LogP contribution in [0.25, 0.3) is 0 Å². The molecule has 0 radical (unpaired) electrons. The number of alkyl halides is 6. The zero-order chi connectivity index (χ0) is 14.2. The summed E-state index contributed by atoms with van der Waals surface area (Å²) in [4.78, 5) is 2.43. The van der Waals surface area contributed by atoms with E-state index in [9.17, 15) is 34.8 Å². The molecule has 1 rings (SSSR count). The molecule has 0 aliphatic carbocycles. The van der Waals surface area contributed by atoms with Gasteiger partial charge in [0.2, 0.25) is 0 Å². The molecule has 0 aliphatic heterocycles. The third kappa shape index (κ3) is 6.05. The minimum Gasteiger partial charge on any atom is -0.344 e. The summed E-state index contributed by atoms with van der Waals surface area (Å²) < 4.78 is 96.3. The van der Waals surface area contributed by atoms with E-state index >= 15 is 0 Å². The third-order valence-electron chi connectivity index (χ3n) is 1.29. The van der Waals surface area contributed by atoms with Crippen molar-refractivity contribution in [1.29, 1.82) is 0 Å². The Hall–Kier alpha value is 0.266. The van der Waals surface area contributed by atoms with Crippen molar-refractivity contribution >= 4 is 10.1 Å². The minimum atomic E-state index is -5.14. The van der Waals surface area contributed by atoms with Gasteiger partial charge in [-0.05, 0) is 0 Å². The van der Waals surface area contributed by atoms with Crippen LogP contribution in [-0.4, -0.2) is 31.4 Å². The van der Waals surface area contributed by atoms with Gasteiger partial charge in [-0.25, -0.2) is 0 Å². The summed E-state index contributed by atoms with van der Waals surface area (Å²) >= 11 is 0. The molecule has 0 fully saturated rings. The zero-order valence-electron chi connectivity index (χ0n) is 8.95. The maximum Gasteiger partial charge on any atom is 1.00 e. The zero-order valence-corrected chi connectivity index (χ0v) is 12.9. The summed E-state index contributed by atoms with van der Waals surface area (Å²) in [5.74, 6) is -1.89. The van der Waals surface area contributed by atoms with Crippen LogP contribution >= 0.6 is 0 Å². The molecule has 14 heteroatoms. The summed E-state index contributed by atoms with van der Waals surface area (Å²) in [5.41, 5.74) is 0. The molecule has 0 bridgehead atoms. The first-order valence-electron chi connectivity index (χ1n) is 3.82. The predicted octanol–water partition coefficient (Wildman–Crippen LogP) is -2.28. The normalized spacial score (nSPS) is 13.2. The molecular weight excluding hydrogens is 335 g/mol. The third-order valence-corrected chi connectivity index (χ3v) is 2.34. The number of nitrogens with zero attached hydrogens (tertiary/aromatic N) is 3. The van der Waals surface area contributed by atoms with Gasteiger partial charge >= 0.3 is 73.9 Å². The molecule has 6 nitrogen and oxygen atoms in total. The molecule has 1 aromatic rings. The average molecular weight is 337 g/mol. The van der Waals surface area contributed by atoms with Crippen molar-refractivity contribution in [3.8, 4) is 0 Å².